The van der Waals surface area contributed by atoms with Crippen LogP contribution in [-0.4, -0.2) is 34.2 Å². The number of piperidine rings is 1. The van der Waals surface area contributed by atoms with E-state index >= 15 is 0 Å². The van der Waals surface area contributed by atoms with Crippen LogP contribution in [0.4, 0.5) is 0 Å². The second kappa shape index (κ2) is 6.89. The molecular formula is C16H23ClN4OS. The number of aryl methyl sites for hydroxylation is 1. The molecule has 2 aromatic rings. The summed E-state index contributed by atoms with van der Waals surface area (Å²) in [6, 6.07) is 2.71. The molecule has 0 bridgehead atoms. The van der Waals surface area contributed by atoms with Gasteiger partial charge in [0.2, 0.25) is 0 Å². The van der Waals surface area contributed by atoms with Crippen molar-refractivity contribution < 1.29 is 4.52 Å². The Kier molecular flexibility index (Phi) is 5.06. The smallest absolute Gasteiger partial charge is 0.133 e. The number of thiazole rings is 1. The van der Waals surface area contributed by atoms with Crippen molar-refractivity contribution in [2.45, 2.75) is 45.3 Å². The van der Waals surface area contributed by atoms with Crippen molar-refractivity contribution in [3.8, 4) is 0 Å². The summed E-state index contributed by atoms with van der Waals surface area (Å²) in [5, 5.41) is 10.9. The summed E-state index contributed by atoms with van der Waals surface area (Å²) in [5.41, 5.74) is 1.56. The lowest BCUT2D eigenvalue weighted by Crippen LogP contribution is -2.35. The van der Waals surface area contributed by atoms with Crippen LogP contribution >= 0.6 is 23.7 Å². The fourth-order valence-corrected chi connectivity index (χ4v) is 4.43. The van der Waals surface area contributed by atoms with Crippen LogP contribution in [0.1, 0.15) is 35.7 Å². The zero-order valence-electron chi connectivity index (χ0n) is 13.3. The number of hydrogen-bond donors (Lipinski definition) is 1. The van der Waals surface area contributed by atoms with Crippen LogP contribution in [0.3, 0.4) is 0 Å². The lowest BCUT2D eigenvalue weighted by atomic mass is 9.93. The molecule has 1 saturated heterocycles. The normalized spacial score (nSPS) is 22.3. The van der Waals surface area contributed by atoms with Crippen LogP contribution in [0.2, 0.25) is 0 Å². The Bertz CT molecular complexity index is 624. The number of aromatic nitrogens is 2. The molecule has 4 rings (SSSR count). The third kappa shape index (κ3) is 3.60. The van der Waals surface area contributed by atoms with E-state index in [1.165, 1.54) is 24.3 Å². The first-order chi connectivity index (χ1) is 10.8. The van der Waals surface area contributed by atoms with Crippen molar-refractivity contribution in [1.82, 2.24) is 20.4 Å². The third-order valence-electron chi connectivity index (χ3n) is 5.05. The van der Waals surface area contributed by atoms with Crippen molar-refractivity contribution >= 4 is 23.7 Å². The van der Waals surface area contributed by atoms with Gasteiger partial charge in [-0.25, -0.2) is 4.98 Å². The highest BCUT2D eigenvalue weighted by molar-refractivity contribution is 7.09. The summed E-state index contributed by atoms with van der Waals surface area (Å²) in [7, 11) is 0. The van der Waals surface area contributed by atoms with Gasteiger partial charge in [-0.05, 0) is 44.7 Å². The summed E-state index contributed by atoms with van der Waals surface area (Å²) >= 11 is 1.74. The third-order valence-corrected chi connectivity index (χ3v) is 5.81. The standard InChI is InChI=1S/C16H22N4OS.ClH/c1-12-8-13(19-21-12)10-20(11-15-18-6-7-22-15)14-9-16(14)2-4-17-5-3-16;/h6-8,14,17H,2-5,9-11H2,1H3;1H. The van der Waals surface area contributed by atoms with E-state index in [1.807, 2.05) is 19.2 Å². The van der Waals surface area contributed by atoms with E-state index in [-0.39, 0.29) is 12.4 Å². The molecule has 0 aromatic carbocycles. The van der Waals surface area contributed by atoms with Gasteiger partial charge in [0.25, 0.3) is 0 Å². The lowest BCUT2D eigenvalue weighted by Gasteiger charge is -2.28. The molecule has 1 unspecified atom stereocenters. The molecule has 1 N–H and O–H groups in total. The minimum absolute atomic E-state index is 0. The Hall–Kier alpha value is -0.950. The molecule has 2 aromatic heterocycles. The molecule has 1 aliphatic heterocycles. The first-order valence-corrected chi connectivity index (χ1v) is 8.88. The minimum atomic E-state index is 0. The van der Waals surface area contributed by atoms with Gasteiger partial charge in [0.1, 0.15) is 10.8 Å². The molecule has 1 aliphatic carbocycles. The topological polar surface area (TPSA) is 54.2 Å². The molecule has 126 valence electrons. The van der Waals surface area contributed by atoms with Crippen molar-refractivity contribution in [3.05, 3.63) is 34.1 Å². The highest BCUT2D eigenvalue weighted by Gasteiger charge is 2.56. The van der Waals surface area contributed by atoms with Crippen LogP contribution in [-0.2, 0) is 13.1 Å². The van der Waals surface area contributed by atoms with E-state index < -0.39 is 0 Å². The number of nitrogens with one attached hydrogen (secondary N) is 1. The van der Waals surface area contributed by atoms with Crippen molar-refractivity contribution in [2.24, 2.45) is 5.41 Å². The summed E-state index contributed by atoms with van der Waals surface area (Å²) in [6.45, 7) is 6.04. The van der Waals surface area contributed by atoms with Crippen molar-refractivity contribution in [3.63, 3.8) is 0 Å². The van der Waals surface area contributed by atoms with Gasteiger partial charge in [0, 0.05) is 30.2 Å². The number of halogens is 1. The van der Waals surface area contributed by atoms with Crippen LogP contribution < -0.4 is 5.32 Å². The Morgan fingerprint density at radius 3 is 2.87 bits per heavy atom. The van der Waals surface area contributed by atoms with Gasteiger partial charge in [-0.15, -0.1) is 23.7 Å². The van der Waals surface area contributed by atoms with Crippen LogP contribution in [0, 0.1) is 12.3 Å². The van der Waals surface area contributed by atoms with Gasteiger partial charge in [-0.3, -0.25) is 4.90 Å². The van der Waals surface area contributed by atoms with Gasteiger partial charge in [0.05, 0.1) is 12.2 Å². The van der Waals surface area contributed by atoms with Crippen LogP contribution in [0.15, 0.2) is 22.2 Å². The zero-order chi connectivity index (χ0) is 15.0. The molecule has 5 nitrogen and oxygen atoms in total. The quantitative estimate of drug-likeness (QED) is 0.894. The predicted molar refractivity (Wildman–Crippen MR) is 92.8 cm³/mol. The largest absolute Gasteiger partial charge is 0.361 e. The minimum Gasteiger partial charge on any atom is -0.361 e. The number of hydrogen-bond acceptors (Lipinski definition) is 6. The molecule has 0 amide bonds. The lowest BCUT2D eigenvalue weighted by molar-refractivity contribution is 0.183. The van der Waals surface area contributed by atoms with Crippen molar-refractivity contribution in [2.75, 3.05) is 13.1 Å². The molecule has 1 spiro atoms. The molecule has 1 atom stereocenters. The fraction of sp³-hybridized carbons (Fsp3) is 0.625. The molecule has 7 heteroatoms. The number of nitrogens with zero attached hydrogens (tertiary/aromatic N) is 3. The van der Waals surface area contributed by atoms with Gasteiger partial charge in [-0.1, -0.05) is 5.16 Å². The Morgan fingerprint density at radius 2 is 2.22 bits per heavy atom. The summed E-state index contributed by atoms with van der Waals surface area (Å²) in [6.07, 6.45) is 5.80. The average Bonchev–Trinajstić information content (AvgIpc) is 2.90. The van der Waals surface area contributed by atoms with Crippen LogP contribution in [0.5, 0.6) is 0 Å². The molecule has 1 saturated carbocycles. The summed E-state index contributed by atoms with van der Waals surface area (Å²) in [5.74, 6) is 0.886. The molecule has 2 fully saturated rings. The van der Waals surface area contributed by atoms with Gasteiger partial charge < -0.3 is 9.84 Å². The van der Waals surface area contributed by atoms with Gasteiger partial charge >= 0.3 is 0 Å². The van der Waals surface area contributed by atoms with Gasteiger partial charge in [0.15, 0.2) is 0 Å². The molecule has 23 heavy (non-hydrogen) atoms. The van der Waals surface area contributed by atoms with Crippen LogP contribution in [0.25, 0.3) is 0 Å². The fourth-order valence-electron chi connectivity index (χ4n) is 3.79. The van der Waals surface area contributed by atoms with E-state index in [0.717, 1.165) is 37.6 Å². The van der Waals surface area contributed by atoms with Crippen molar-refractivity contribution in [1.29, 1.82) is 0 Å². The second-order valence-corrected chi connectivity index (χ2v) is 7.57. The molecule has 0 radical (unpaired) electrons. The molecule has 3 heterocycles. The summed E-state index contributed by atoms with van der Waals surface area (Å²) < 4.78 is 5.24. The Morgan fingerprint density at radius 1 is 1.39 bits per heavy atom. The number of rotatable bonds is 5. The highest BCUT2D eigenvalue weighted by atomic mass is 35.5. The van der Waals surface area contributed by atoms with E-state index in [4.69, 9.17) is 4.52 Å². The monoisotopic (exact) mass is 354 g/mol. The van der Waals surface area contributed by atoms with E-state index in [0.29, 0.717) is 11.5 Å². The van der Waals surface area contributed by atoms with Gasteiger partial charge in [-0.2, -0.15) is 0 Å². The summed E-state index contributed by atoms with van der Waals surface area (Å²) in [4.78, 5) is 7.02. The highest BCUT2D eigenvalue weighted by Crippen LogP contribution is 2.56. The van der Waals surface area contributed by atoms with E-state index in [1.54, 1.807) is 11.3 Å². The maximum absolute atomic E-state index is 5.24. The SMILES string of the molecule is Cc1cc(CN(Cc2nccs2)C2CC23CCNCC3)no1.Cl. The van der Waals surface area contributed by atoms with E-state index in [9.17, 15) is 0 Å². The first kappa shape index (κ1) is 16.9. The molecule has 2 aliphatic rings. The Balaban J connectivity index is 0.00000156. The zero-order valence-corrected chi connectivity index (χ0v) is 15.0. The molecular weight excluding hydrogens is 332 g/mol. The maximum Gasteiger partial charge on any atom is 0.133 e. The average molecular weight is 355 g/mol. The second-order valence-electron chi connectivity index (χ2n) is 6.59. The Labute approximate surface area is 146 Å². The van der Waals surface area contributed by atoms with E-state index in [2.05, 4.69) is 25.7 Å². The first-order valence-electron chi connectivity index (χ1n) is 8.01. The maximum atomic E-state index is 5.24. The predicted octanol–water partition coefficient (Wildman–Crippen LogP) is 3.01.